The second-order valence-corrected chi connectivity index (χ2v) is 4.60. The van der Waals surface area contributed by atoms with Crippen LogP contribution < -0.4 is 10.6 Å². The number of amides is 1. The number of carbonyl (C=O) groups is 1. The van der Waals surface area contributed by atoms with Gasteiger partial charge in [-0.25, -0.2) is 0 Å². The Kier molecular flexibility index (Phi) is 2.49. The van der Waals surface area contributed by atoms with Gasteiger partial charge in [0, 0.05) is 12.1 Å². The molecule has 1 heterocycles. The van der Waals surface area contributed by atoms with Gasteiger partial charge >= 0.3 is 0 Å². The van der Waals surface area contributed by atoms with Crippen molar-refractivity contribution in [1.82, 2.24) is 10.6 Å². The Morgan fingerprint density at radius 2 is 1.93 bits per heavy atom. The molecule has 1 atom stereocenters. The smallest absolute Gasteiger partial charge is 0.242 e. The molecule has 3 nitrogen and oxygen atoms in total. The number of benzene rings is 1. The molecule has 0 saturated carbocycles. The van der Waals surface area contributed by atoms with Gasteiger partial charge in [-0.1, -0.05) is 30.3 Å². The number of carbonyl (C=O) groups excluding carboxylic acids is 1. The first-order chi connectivity index (χ1) is 7.08. The van der Waals surface area contributed by atoms with E-state index >= 15 is 0 Å². The lowest BCUT2D eigenvalue weighted by Crippen LogP contribution is -2.59. The number of hydrogen-bond acceptors (Lipinski definition) is 2. The average Bonchev–Trinajstić information content (AvgIpc) is 2.17. The topological polar surface area (TPSA) is 41.1 Å². The van der Waals surface area contributed by atoms with Gasteiger partial charge in [-0.05, 0) is 19.4 Å². The summed E-state index contributed by atoms with van der Waals surface area (Å²) >= 11 is 0. The van der Waals surface area contributed by atoms with Crippen molar-refractivity contribution in [2.75, 3.05) is 6.54 Å². The summed E-state index contributed by atoms with van der Waals surface area (Å²) in [5, 5.41) is 6.27. The molecule has 2 rings (SSSR count). The van der Waals surface area contributed by atoms with Crippen LogP contribution in [0, 0.1) is 0 Å². The van der Waals surface area contributed by atoms with Crippen LogP contribution in [0.25, 0.3) is 0 Å². The van der Waals surface area contributed by atoms with E-state index in [4.69, 9.17) is 0 Å². The van der Waals surface area contributed by atoms with E-state index in [-0.39, 0.29) is 17.5 Å². The molecule has 3 heteroatoms. The maximum absolute atomic E-state index is 11.8. The Bertz CT molecular complexity index is 359. The van der Waals surface area contributed by atoms with Gasteiger partial charge in [0.05, 0.1) is 0 Å². The molecule has 1 aromatic rings. The van der Waals surface area contributed by atoms with Crippen LogP contribution in [0.15, 0.2) is 30.3 Å². The fraction of sp³-hybridized carbons (Fsp3) is 0.417. The highest BCUT2D eigenvalue weighted by atomic mass is 16.2. The summed E-state index contributed by atoms with van der Waals surface area (Å²) < 4.78 is 0. The Hall–Kier alpha value is -1.35. The third-order valence-corrected chi connectivity index (χ3v) is 2.60. The Morgan fingerprint density at radius 1 is 1.27 bits per heavy atom. The van der Waals surface area contributed by atoms with E-state index < -0.39 is 0 Å². The largest absolute Gasteiger partial charge is 0.348 e. The molecule has 1 unspecified atom stereocenters. The third kappa shape index (κ3) is 2.18. The van der Waals surface area contributed by atoms with Gasteiger partial charge in [0.25, 0.3) is 0 Å². The molecule has 1 amide bonds. The molecule has 1 aliphatic rings. The molecular weight excluding hydrogens is 188 g/mol. The number of rotatable bonds is 1. The van der Waals surface area contributed by atoms with Crippen LogP contribution in [-0.4, -0.2) is 18.0 Å². The van der Waals surface area contributed by atoms with E-state index in [1.54, 1.807) is 0 Å². The molecule has 15 heavy (non-hydrogen) atoms. The SMILES string of the molecule is CC1(C)CNC(c2ccccc2)C(=O)N1. The molecule has 2 N–H and O–H groups in total. The predicted octanol–water partition coefficient (Wildman–Crippen LogP) is 1.23. The first-order valence-corrected chi connectivity index (χ1v) is 5.19. The second kappa shape index (κ2) is 3.66. The molecule has 0 radical (unpaired) electrons. The highest BCUT2D eigenvalue weighted by Crippen LogP contribution is 2.18. The molecule has 1 aromatic carbocycles. The van der Waals surface area contributed by atoms with E-state index in [9.17, 15) is 4.79 Å². The summed E-state index contributed by atoms with van der Waals surface area (Å²) in [5.41, 5.74) is 0.869. The highest BCUT2D eigenvalue weighted by molar-refractivity contribution is 5.84. The molecular formula is C12H16N2O. The lowest BCUT2D eigenvalue weighted by atomic mass is 9.97. The number of nitrogens with one attached hydrogen (secondary N) is 2. The van der Waals surface area contributed by atoms with Crippen LogP contribution in [0.2, 0.25) is 0 Å². The minimum Gasteiger partial charge on any atom is -0.348 e. The lowest BCUT2D eigenvalue weighted by molar-refractivity contribution is -0.126. The molecule has 1 saturated heterocycles. The van der Waals surface area contributed by atoms with Crippen molar-refractivity contribution in [2.45, 2.75) is 25.4 Å². The zero-order valence-corrected chi connectivity index (χ0v) is 9.08. The van der Waals surface area contributed by atoms with Gasteiger partial charge in [0.15, 0.2) is 0 Å². The van der Waals surface area contributed by atoms with E-state index in [2.05, 4.69) is 10.6 Å². The standard InChI is InChI=1S/C12H16N2O/c1-12(2)8-13-10(11(15)14-12)9-6-4-3-5-7-9/h3-7,10,13H,8H2,1-2H3,(H,14,15). The van der Waals surface area contributed by atoms with Gasteiger partial charge in [0.1, 0.15) is 6.04 Å². The van der Waals surface area contributed by atoms with Crippen molar-refractivity contribution in [3.8, 4) is 0 Å². The molecule has 0 aliphatic carbocycles. The van der Waals surface area contributed by atoms with Crippen LogP contribution in [0.4, 0.5) is 0 Å². The van der Waals surface area contributed by atoms with Gasteiger partial charge in [-0.2, -0.15) is 0 Å². The first-order valence-electron chi connectivity index (χ1n) is 5.19. The van der Waals surface area contributed by atoms with Crippen molar-refractivity contribution >= 4 is 5.91 Å². The van der Waals surface area contributed by atoms with Crippen molar-refractivity contribution in [3.63, 3.8) is 0 Å². The Morgan fingerprint density at radius 3 is 2.53 bits per heavy atom. The zero-order chi connectivity index (χ0) is 10.9. The highest BCUT2D eigenvalue weighted by Gasteiger charge is 2.32. The van der Waals surface area contributed by atoms with Crippen molar-refractivity contribution in [3.05, 3.63) is 35.9 Å². The number of piperazine rings is 1. The van der Waals surface area contributed by atoms with Gasteiger partial charge in [0.2, 0.25) is 5.91 Å². The van der Waals surface area contributed by atoms with Crippen LogP contribution in [-0.2, 0) is 4.79 Å². The summed E-state index contributed by atoms with van der Waals surface area (Å²) in [7, 11) is 0. The van der Waals surface area contributed by atoms with Crippen molar-refractivity contribution in [1.29, 1.82) is 0 Å². The van der Waals surface area contributed by atoms with E-state index in [1.165, 1.54) is 0 Å². The van der Waals surface area contributed by atoms with Gasteiger partial charge in [-0.3, -0.25) is 10.1 Å². The normalized spacial score (nSPS) is 24.7. The fourth-order valence-electron chi connectivity index (χ4n) is 1.81. The lowest BCUT2D eigenvalue weighted by Gasteiger charge is -2.36. The summed E-state index contributed by atoms with van der Waals surface area (Å²) in [5.74, 6) is 0.0532. The zero-order valence-electron chi connectivity index (χ0n) is 9.08. The maximum Gasteiger partial charge on any atom is 0.242 e. The minimum absolute atomic E-state index is 0.0532. The summed E-state index contributed by atoms with van der Waals surface area (Å²) in [6.07, 6.45) is 0. The first kappa shape index (κ1) is 10.2. The molecule has 80 valence electrons. The quantitative estimate of drug-likeness (QED) is 0.722. The molecule has 1 aliphatic heterocycles. The van der Waals surface area contributed by atoms with Gasteiger partial charge < -0.3 is 5.32 Å². The van der Waals surface area contributed by atoms with E-state index in [1.807, 2.05) is 44.2 Å². The molecule has 0 aromatic heterocycles. The molecule has 0 spiro atoms. The summed E-state index contributed by atoms with van der Waals surface area (Å²) in [6.45, 7) is 4.82. The second-order valence-electron chi connectivity index (χ2n) is 4.60. The monoisotopic (exact) mass is 204 g/mol. The molecule has 0 bridgehead atoms. The van der Waals surface area contributed by atoms with E-state index in [0.717, 1.165) is 12.1 Å². The summed E-state index contributed by atoms with van der Waals surface area (Å²) in [4.78, 5) is 11.8. The maximum atomic E-state index is 11.8. The van der Waals surface area contributed by atoms with E-state index in [0.29, 0.717) is 0 Å². The van der Waals surface area contributed by atoms with Crippen LogP contribution >= 0.6 is 0 Å². The van der Waals surface area contributed by atoms with Crippen LogP contribution in [0.1, 0.15) is 25.5 Å². The average molecular weight is 204 g/mol. The molecule has 1 fully saturated rings. The van der Waals surface area contributed by atoms with Gasteiger partial charge in [-0.15, -0.1) is 0 Å². The predicted molar refractivity (Wildman–Crippen MR) is 59.4 cm³/mol. The Labute approximate surface area is 89.9 Å². The Balaban J connectivity index is 2.17. The minimum atomic E-state index is -0.209. The third-order valence-electron chi connectivity index (χ3n) is 2.60. The van der Waals surface area contributed by atoms with Crippen LogP contribution in [0.5, 0.6) is 0 Å². The van der Waals surface area contributed by atoms with Crippen molar-refractivity contribution < 1.29 is 4.79 Å². The fourth-order valence-corrected chi connectivity index (χ4v) is 1.81. The van der Waals surface area contributed by atoms with Crippen molar-refractivity contribution in [2.24, 2.45) is 0 Å². The number of hydrogen-bond donors (Lipinski definition) is 2. The summed E-state index contributed by atoms with van der Waals surface area (Å²) in [6, 6.07) is 9.58. The van der Waals surface area contributed by atoms with Crippen LogP contribution in [0.3, 0.4) is 0 Å².